The average Bonchev–Trinajstić information content (AvgIpc) is 2.90. The van der Waals surface area contributed by atoms with E-state index in [0.717, 1.165) is 19.0 Å². The number of nitrogens with one attached hydrogen (secondary N) is 1. The van der Waals surface area contributed by atoms with Gasteiger partial charge in [-0.3, -0.25) is 4.68 Å². The second-order valence-corrected chi connectivity index (χ2v) is 5.83. The highest BCUT2D eigenvalue weighted by Gasteiger charge is 2.15. The lowest BCUT2D eigenvalue weighted by molar-refractivity contribution is 0.191. The number of hydrogen-bond acceptors (Lipinski definition) is 3. The highest BCUT2D eigenvalue weighted by molar-refractivity contribution is 5.09. The minimum absolute atomic E-state index is 0.393. The molecule has 1 saturated heterocycles. The Balaban J connectivity index is 1.67. The lowest BCUT2D eigenvalue weighted by Gasteiger charge is -2.30. The van der Waals surface area contributed by atoms with Crippen LogP contribution in [0.1, 0.15) is 45.2 Å². The van der Waals surface area contributed by atoms with Gasteiger partial charge in [0.2, 0.25) is 0 Å². The molecule has 4 nitrogen and oxygen atoms in total. The van der Waals surface area contributed by atoms with Crippen LogP contribution < -0.4 is 5.32 Å². The number of nitrogens with zero attached hydrogens (tertiary/aromatic N) is 3. The van der Waals surface area contributed by atoms with Crippen LogP contribution in [-0.2, 0) is 6.54 Å². The Morgan fingerprint density at radius 3 is 2.79 bits per heavy atom. The van der Waals surface area contributed by atoms with Crippen LogP contribution in [0, 0.1) is 5.92 Å². The van der Waals surface area contributed by atoms with Gasteiger partial charge in [0.05, 0.1) is 6.20 Å². The van der Waals surface area contributed by atoms with Gasteiger partial charge in [0.1, 0.15) is 0 Å². The summed E-state index contributed by atoms with van der Waals surface area (Å²) in [5, 5.41) is 7.93. The molecule has 0 amide bonds. The highest BCUT2D eigenvalue weighted by Crippen LogP contribution is 2.15. The van der Waals surface area contributed by atoms with Crippen molar-refractivity contribution in [2.75, 3.05) is 26.2 Å². The van der Waals surface area contributed by atoms with Crippen molar-refractivity contribution in [3.8, 4) is 0 Å². The molecule has 2 heterocycles. The maximum Gasteiger partial charge on any atom is 0.0537 e. The molecule has 1 aromatic rings. The van der Waals surface area contributed by atoms with Crippen molar-refractivity contribution in [3.05, 3.63) is 18.0 Å². The Morgan fingerprint density at radius 2 is 2.16 bits per heavy atom. The van der Waals surface area contributed by atoms with Crippen LogP contribution in [0.25, 0.3) is 0 Å². The molecule has 108 valence electrons. The molecule has 1 aromatic heterocycles. The van der Waals surface area contributed by atoms with E-state index >= 15 is 0 Å². The lowest BCUT2D eigenvalue weighted by atomic mass is 9.99. The molecule has 1 unspecified atom stereocenters. The molecule has 0 saturated carbocycles. The van der Waals surface area contributed by atoms with Crippen LogP contribution in [0.3, 0.4) is 0 Å². The molecule has 0 radical (unpaired) electrons. The molecular weight excluding hydrogens is 236 g/mol. The number of aryl methyl sites for hydroxylation is 1. The van der Waals surface area contributed by atoms with E-state index in [-0.39, 0.29) is 0 Å². The molecule has 4 heteroatoms. The molecule has 1 atom stereocenters. The number of rotatable bonds is 6. The summed E-state index contributed by atoms with van der Waals surface area (Å²) in [6.07, 6.45) is 6.83. The number of likely N-dealkylation sites (tertiary alicyclic amines) is 1. The van der Waals surface area contributed by atoms with Crippen LogP contribution in [0.15, 0.2) is 12.4 Å². The van der Waals surface area contributed by atoms with Crippen LogP contribution >= 0.6 is 0 Å². The van der Waals surface area contributed by atoms with Crippen molar-refractivity contribution < 1.29 is 0 Å². The standard InChI is InChI=1S/C15H28N4/c1-4-19-12-15(11-17-19)14(3)16-7-10-18-8-5-13(2)6-9-18/h11-14,16H,4-10H2,1-3H3. The van der Waals surface area contributed by atoms with Gasteiger partial charge < -0.3 is 10.2 Å². The molecule has 0 aliphatic carbocycles. The van der Waals surface area contributed by atoms with Crippen LogP contribution in [0.5, 0.6) is 0 Å². The topological polar surface area (TPSA) is 33.1 Å². The van der Waals surface area contributed by atoms with E-state index in [0.29, 0.717) is 6.04 Å². The number of aromatic nitrogens is 2. The van der Waals surface area contributed by atoms with E-state index in [2.05, 4.69) is 42.3 Å². The fourth-order valence-corrected chi connectivity index (χ4v) is 2.62. The summed E-state index contributed by atoms with van der Waals surface area (Å²) in [4.78, 5) is 2.58. The van der Waals surface area contributed by atoms with E-state index < -0.39 is 0 Å². The summed E-state index contributed by atoms with van der Waals surface area (Å²) >= 11 is 0. The molecule has 0 bridgehead atoms. The van der Waals surface area contributed by atoms with Crippen molar-refractivity contribution in [2.45, 2.75) is 46.2 Å². The Bertz CT molecular complexity index is 366. The van der Waals surface area contributed by atoms with Crippen LogP contribution in [0.4, 0.5) is 0 Å². The van der Waals surface area contributed by atoms with E-state index in [1.54, 1.807) is 0 Å². The zero-order chi connectivity index (χ0) is 13.7. The van der Waals surface area contributed by atoms with Gasteiger partial charge in [-0.15, -0.1) is 0 Å². The molecule has 0 spiro atoms. The Morgan fingerprint density at radius 1 is 1.42 bits per heavy atom. The van der Waals surface area contributed by atoms with Crippen molar-refractivity contribution >= 4 is 0 Å². The number of hydrogen-bond donors (Lipinski definition) is 1. The first kappa shape index (κ1) is 14.5. The maximum absolute atomic E-state index is 4.33. The summed E-state index contributed by atoms with van der Waals surface area (Å²) in [5.41, 5.74) is 1.29. The largest absolute Gasteiger partial charge is 0.309 e. The third kappa shape index (κ3) is 4.32. The summed E-state index contributed by atoms with van der Waals surface area (Å²) in [6, 6.07) is 0.393. The minimum Gasteiger partial charge on any atom is -0.309 e. The average molecular weight is 264 g/mol. The third-order valence-electron chi connectivity index (χ3n) is 4.23. The van der Waals surface area contributed by atoms with E-state index in [9.17, 15) is 0 Å². The first-order valence-corrected chi connectivity index (χ1v) is 7.67. The minimum atomic E-state index is 0.393. The van der Waals surface area contributed by atoms with Crippen LogP contribution in [0.2, 0.25) is 0 Å². The molecule has 1 aliphatic heterocycles. The van der Waals surface area contributed by atoms with E-state index in [4.69, 9.17) is 0 Å². The monoisotopic (exact) mass is 264 g/mol. The van der Waals surface area contributed by atoms with Gasteiger partial charge >= 0.3 is 0 Å². The SMILES string of the molecule is CCn1cc(C(C)NCCN2CCC(C)CC2)cn1. The summed E-state index contributed by atoms with van der Waals surface area (Å²) in [5.74, 6) is 0.919. The third-order valence-corrected chi connectivity index (χ3v) is 4.23. The predicted molar refractivity (Wildman–Crippen MR) is 79.2 cm³/mol. The van der Waals surface area contributed by atoms with Crippen molar-refractivity contribution in [3.63, 3.8) is 0 Å². The molecular formula is C15H28N4. The zero-order valence-corrected chi connectivity index (χ0v) is 12.6. The molecule has 1 aliphatic rings. The van der Waals surface area contributed by atoms with Crippen molar-refractivity contribution in [1.29, 1.82) is 0 Å². The van der Waals surface area contributed by atoms with Gasteiger partial charge in [0.15, 0.2) is 0 Å². The second-order valence-electron chi connectivity index (χ2n) is 5.83. The quantitative estimate of drug-likeness (QED) is 0.856. The fourth-order valence-electron chi connectivity index (χ4n) is 2.62. The van der Waals surface area contributed by atoms with Crippen LogP contribution in [-0.4, -0.2) is 40.9 Å². The second kappa shape index (κ2) is 7.06. The van der Waals surface area contributed by atoms with Gasteiger partial charge in [0.25, 0.3) is 0 Å². The fraction of sp³-hybridized carbons (Fsp3) is 0.800. The molecule has 1 N–H and O–H groups in total. The first-order valence-electron chi connectivity index (χ1n) is 7.67. The van der Waals surface area contributed by atoms with Crippen molar-refractivity contribution in [2.24, 2.45) is 5.92 Å². The van der Waals surface area contributed by atoms with Gasteiger partial charge in [0, 0.05) is 37.4 Å². The van der Waals surface area contributed by atoms with Gasteiger partial charge in [-0.25, -0.2) is 0 Å². The van der Waals surface area contributed by atoms with Crippen molar-refractivity contribution in [1.82, 2.24) is 20.0 Å². The number of piperidine rings is 1. The van der Waals surface area contributed by atoms with E-state index in [1.165, 1.54) is 38.0 Å². The highest BCUT2D eigenvalue weighted by atomic mass is 15.3. The maximum atomic E-state index is 4.33. The molecule has 2 rings (SSSR count). The molecule has 0 aromatic carbocycles. The molecule has 1 fully saturated rings. The zero-order valence-electron chi connectivity index (χ0n) is 12.6. The van der Waals surface area contributed by atoms with Gasteiger partial charge in [-0.1, -0.05) is 6.92 Å². The first-order chi connectivity index (χ1) is 9.19. The summed E-state index contributed by atoms with van der Waals surface area (Å²) in [6.45, 7) is 12.4. The van der Waals surface area contributed by atoms with E-state index in [1.807, 2.05) is 10.9 Å². The molecule has 19 heavy (non-hydrogen) atoms. The van der Waals surface area contributed by atoms with Gasteiger partial charge in [-0.2, -0.15) is 5.10 Å². The van der Waals surface area contributed by atoms with Gasteiger partial charge in [-0.05, 0) is 45.7 Å². The Hall–Kier alpha value is -0.870. The smallest absolute Gasteiger partial charge is 0.0537 e. The Kier molecular flexibility index (Phi) is 5.40. The lowest BCUT2D eigenvalue weighted by Crippen LogP contribution is -2.38. The normalized spacial score (nSPS) is 19.7. The summed E-state index contributed by atoms with van der Waals surface area (Å²) < 4.78 is 1.99. The predicted octanol–water partition coefficient (Wildman–Crippen LogP) is 2.29. The Labute approximate surface area is 117 Å². The summed E-state index contributed by atoms with van der Waals surface area (Å²) in [7, 11) is 0.